The van der Waals surface area contributed by atoms with Crippen molar-refractivity contribution in [3.05, 3.63) is 39.8 Å². The lowest BCUT2D eigenvalue weighted by Gasteiger charge is -2.20. The average Bonchev–Trinajstić information content (AvgIpc) is 3.27. The van der Waals surface area contributed by atoms with Crippen molar-refractivity contribution in [3.8, 4) is 0 Å². The molecule has 1 fully saturated rings. The molecule has 0 aliphatic carbocycles. The van der Waals surface area contributed by atoms with Crippen LogP contribution in [0.1, 0.15) is 35.8 Å². The van der Waals surface area contributed by atoms with Gasteiger partial charge in [-0.1, -0.05) is 0 Å². The Morgan fingerprint density at radius 3 is 2.60 bits per heavy atom. The fourth-order valence-corrected chi connectivity index (χ4v) is 3.69. The number of hydrogen-bond donors (Lipinski definition) is 1. The molecule has 1 unspecified atom stereocenters. The molecule has 0 saturated carbocycles. The average molecular weight is 360 g/mol. The van der Waals surface area contributed by atoms with E-state index in [2.05, 4.69) is 10.4 Å². The zero-order valence-corrected chi connectivity index (χ0v) is 15.0. The fourth-order valence-electron chi connectivity index (χ4n) is 2.98. The van der Waals surface area contributed by atoms with Crippen molar-refractivity contribution >= 4 is 29.1 Å². The number of rotatable bonds is 6. The molecule has 0 radical (unpaired) electrons. The number of thiophene rings is 1. The number of imide groups is 1. The molecule has 1 atom stereocenters. The van der Waals surface area contributed by atoms with E-state index in [9.17, 15) is 14.4 Å². The summed E-state index contributed by atoms with van der Waals surface area (Å²) in [5.74, 6) is -0.911. The van der Waals surface area contributed by atoms with Crippen LogP contribution in [0, 0.1) is 13.8 Å². The SMILES string of the molecule is Cc1cc(C)n(C(CNC(=O)CN2C(=O)CCC2=O)c2ccsc2)n1. The Morgan fingerprint density at radius 2 is 2.04 bits per heavy atom. The number of aryl methyl sites for hydroxylation is 2. The third-order valence-corrected chi connectivity index (χ3v) is 4.92. The highest BCUT2D eigenvalue weighted by Crippen LogP contribution is 2.22. The molecular formula is C17H20N4O3S. The lowest BCUT2D eigenvalue weighted by molar-refractivity contribution is -0.142. The molecule has 0 spiro atoms. The van der Waals surface area contributed by atoms with Crippen molar-refractivity contribution in [2.75, 3.05) is 13.1 Å². The quantitative estimate of drug-likeness (QED) is 0.790. The Labute approximate surface area is 149 Å². The van der Waals surface area contributed by atoms with Crippen LogP contribution < -0.4 is 5.32 Å². The van der Waals surface area contributed by atoms with Crippen LogP contribution in [-0.4, -0.2) is 45.5 Å². The van der Waals surface area contributed by atoms with Crippen molar-refractivity contribution < 1.29 is 14.4 Å². The van der Waals surface area contributed by atoms with Gasteiger partial charge in [0.05, 0.1) is 11.7 Å². The van der Waals surface area contributed by atoms with Crippen LogP contribution in [-0.2, 0) is 14.4 Å². The summed E-state index contributed by atoms with van der Waals surface area (Å²) in [6.07, 6.45) is 0.380. The van der Waals surface area contributed by atoms with E-state index in [-0.39, 0.29) is 43.1 Å². The molecule has 2 aromatic rings. The van der Waals surface area contributed by atoms with Gasteiger partial charge in [-0.3, -0.25) is 24.0 Å². The van der Waals surface area contributed by atoms with Crippen molar-refractivity contribution in [3.63, 3.8) is 0 Å². The van der Waals surface area contributed by atoms with Gasteiger partial charge in [0.2, 0.25) is 17.7 Å². The van der Waals surface area contributed by atoms with Crippen LogP contribution in [0.5, 0.6) is 0 Å². The van der Waals surface area contributed by atoms with E-state index < -0.39 is 0 Å². The van der Waals surface area contributed by atoms with Crippen LogP contribution in [0.15, 0.2) is 22.9 Å². The Bertz CT molecular complexity index is 781. The molecule has 1 saturated heterocycles. The molecule has 8 heteroatoms. The zero-order valence-electron chi connectivity index (χ0n) is 14.2. The highest BCUT2D eigenvalue weighted by Gasteiger charge is 2.30. The molecule has 1 aliphatic heterocycles. The van der Waals surface area contributed by atoms with Crippen molar-refractivity contribution in [1.29, 1.82) is 0 Å². The first-order valence-electron chi connectivity index (χ1n) is 8.10. The van der Waals surface area contributed by atoms with Gasteiger partial charge >= 0.3 is 0 Å². The number of nitrogens with one attached hydrogen (secondary N) is 1. The molecule has 132 valence electrons. The summed E-state index contributed by atoms with van der Waals surface area (Å²) >= 11 is 1.58. The molecule has 25 heavy (non-hydrogen) atoms. The van der Waals surface area contributed by atoms with E-state index in [4.69, 9.17) is 0 Å². The molecule has 3 amide bonds. The van der Waals surface area contributed by atoms with Gasteiger partial charge in [-0.05, 0) is 42.3 Å². The highest BCUT2D eigenvalue weighted by atomic mass is 32.1. The van der Waals surface area contributed by atoms with E-state index in [0.29, 0.717) is 6.54 Å². The normalized spacial score (nSPS) is 15.7. The number of hydrogen-bond acceptors (Lipinski definition) is 5. The van der Waals surface area contributed by atoms with Crippen LogP contribution in [0.2, 0.25) is 0 Å². The second-order valence-electron chi connectivity index (χ2n) is 6.12. The number of likely N-dealkylation sites (tertiary alicyclic amines) is 1. The van der Waals surface area contributed by atoms with Crippen LogP contribution >= 0.6 is 11.3 Å². The summed E-state index contributed by atoms with van der Waals surface area (Å²) in [5.41, 5.74) is 2.98. The number of carbonyl (C=O) groups is 3. The van der Waals surface area contributed by atoms with Crippen LogP contribution in [0.25, 0.3) is 0 Å². The molecule has 0 aromatic carbocycles. The number of nitrogens with zero attached hydrogens (tertiary/aromatic N) is 3. The molecule has 2 aromatic heterocycles. The summed E-state index contributed by atoms with van der Waals surface area (Å²) < 4.78 is 1.89. The predicted octanol–water partition coefficient (Wildman–Crippen LogP) is 1.42. The first-order chi connectivity index (χ1) is 12.0. The minimum absolute atomic E-state index is 0.131. The lowest BCUT2D eigenvalue weighted by Crippen LogP contribution is -2.41. The van der Waals surface area contributed by atoms with Crippen molar-refractivity contribution in [1.82, 2.24) is 20.0 Å². The Balaban J connectivity index is 1.69. The number of aromatic nitrogens is 2. The maximum Gasteiger partial charge on any atom is 0.240 e. The molecule has 1 N–H and O–H groups in total. The van der Waals surface area contributed by atoms with E-state index in [1.807, 2.05) is 41.4 Å². The summed E-state index contributed by atoms with van der Waals surface area (Å²) in [6.45, 7) is 4.03. The monoisotopic (exact) mass is 360 g/mol. The fraction of sp³-hybridized carbons (Fsp3) is 0.412. The largest absolute Gasteiger partial charge is 0.352 e. The van der Waals surface area contributed by atoms with Gasteiger partial charge in [0.25, 0.3) is 0 Å². The molecule has 0 bridgehead atoms. The second kappa shape index (κ2) is 7.18. The second-order valence-corrected chi connectivity index (χ2v) is 6.90. The van der Waals surface area contributed by atoms with E-state index in [1.54, 1.807) is 11.3 Å². The third-order valence-electron chi connectivity index (χ3n) is 4.22. The molecular weight excluding hydrogens is 340 g/mol. The predicted molar refractivity (Wildman–Crippen MR) is 93.1 cm³/mol. The molecule has 1 aliphatic rings. The smallest absolute Gasteiger partial charge is 0.240 e. The van der Waals surface area contributed by atoms with E-state index in [1.165, 1.54) is 0 Å². The van der Waals surface area contributed by atoms with Crippen LogP contribution in [0.3, 0.4) is 0 Å². The number of carbonyl (C=O) groups excluding carboxylic acids is 3. The standard InChI is InChI=1S/C17H20N4O3S/c1-11-7-12(2)21(19-11)14(13-5-6-25-10-13)8-18-15(22)9-20-16(23)3-4-17(20)24/h5-7,10,14H,3-4,8-9H2,1-2H3,(H,18,22). The Kier molecular flexibility index (Phi) is 4.98. The summed E-state index contributed by atoms with van der Waals surface area (Å²) in [4.78, 5) is 36.5. The van der Waals surface area contributed by atoms with E-state index in [0.717, 1.165) is 21.9 Å². The summed E-state index contributed by atoms with van der Waals surface area (Å²) in [7, 11) is 0. The van der Waals surface area contributed by atoms with Gasteiger partial charge < -0.3 is 5.32 Å². The number of amides is 3. The van der Waals surface area contributed by atoms with E-state index >= 15 is 0 Å². The van der Waals surface area contributed by atoms with Gasteiger partial charge in [0, 0.05) is 25.1 Å². The first kappa shape index (κ1) is 17.3. The molecule has 3 rings (SSSR count). The lowest BCUT2D eigenvalue weighted by atomic mass is 10.1. The molecule has 3 heterocycles. The van der Waals surface area contributed by atoms with Gasteiger partial charge in [-0.2, -0.15) is 16.4 Å². The first-order valence-corrected chi connectivity index (χ1v) is 9.04. The van der Waals surface area contributed by atoms with Gasteiger partial charge in [0.15, 0.2) is 0 Å². The topological polar surface area (TPSA) is 84.3 Å². The van der Waals surface area contributed by atoms with Crippen molar-refractivity contribution in [2.45, 2.75) is 32.7 Å². The van der Waals surface area contributed by atoms with Gasteiger partial charge in [-0.15, -0.1) is 0 Å². The zero-order chi connectivity index (χ0) is 18.0. The van der Waals surface area contributed by atoms with Crippen LogP contribution in [0.4, 0.5) is 0 Å². The van der Waals surface area contributed by atoms with Crippen molar-refractivity contribution in [2.24, 2.45) is 0 Å². The van der Waals surface area contributed by atoms with Gasteiger partial charge in [-0.25, -0.2) is 0 Å². The minimum Gasteiger partial charge on any atom is -0.352 e. The maximum absolute atomic E-state index is 12.2. The minimum atomic E-state index is -0.342. The Hall–Kier alpha value is -2.48. The maximum atomic E-state index is 12.2. The highest BCUT2D eigenvalue weighted by molar-refractivity contribution is 7.08. The summed E-state index contributed by atoms with van der Waals surface area (Å²) in [5, 5.41) is 11.4. The summed E-state index contributed by atoms with van der Waals surface area (Å²) in [6, 6.07) is 3.86. The van der Waals surface area contributed by atoms with Gasteiger partial charge in [0.1, 0.15) is 6.54 Å². The molecule has 7 nitrogen and oxygen atoms in total. The Morgan fingerprint density at radius 1 is 1.32 bits per heavy atom. The third kappa shape index (κ3) is 3.79.